The van der Waals surface area contributed by atoms with Gasteiger partial charge >= 0.3 is 0 Å². The summed E-state index contributed by atoms with van der Waals surface area (Å²) in [5.41, 5.74) is 0. The lowest BCUT2D eigenvalue weighted by molar-refractivity contribution is -0.00498. The van der Waals surface area contributed by atoms with E-state index in [2.05, 4.69) is 34.7 Å². The van der Waals surface area contributed by atoms with Crippen molar-refractivity contribution in [2.75, 3.05) is 0 Å². The van der Waals surface area contributed by atoms with Crippen molar-refractivity contribution in [1.82, 2.24) is 0 Å². The van der Waals surface area contributed by atoms with Gasteiger partial charge in [-0.3, -0.25) is 0 Å². The minimum Gasteiger partial charge on any atom is -0.244 e. The van der Waals surface area contributed by atoms with Crippen LogP contribution in [0.25, 0.3) is 0 Å². The van der Waals surface area contributed by atoms with Gasteiger partial charge in [0, 0.05) is 3.92 Å². The van der Waals surface area contributed by atoms with Crippen LogP contribution < -0.4 is 0 Å². The number of rotatable bonds is 3. The first-order valence-electron chi connectivity index (χ1n) is 10.1. The summed E-state index contributed by atoms with van der Waals surface area (Å²) in [4.78, 5) is 0. The van der Waals surface area contributed by atoms with Crippen LogP contribution in [0.4, 0.5) is 8.78 Å². The molecular weight excluding hydrogens is 417 g/mol. The van der Waals surface area contributed by atoms with E-state index < -0.39 is 12.3 Å². The van der Waals surface area contributed by atoms with Crippen molar-refractivity contribution in [2.45, 2.75) is 87.4 Å². The van der Waals surface area contributed by atoms with Crippen LogP contribution in [0.15, 0.2) is 12.2 Å². The van der Waals surface area contributed by atoms with E-state index in [0.29, 0.717) is 11.8 Å². The SMILES string of the molecule is CC1CCC(C2CCC(C=CC3CCC(I)CC3)CC2)C(F)C1F. The molecule has 3 rings (SSSR count). The van der Waals surface area contributed by atoms with Gasteiger partial charge in [0.2, 0.25) is 0 Å². The molecule has 0 saturated heterocycles. The van der Waals surface area contributed by atoms with Crippen LogP contribution in [-0.4, -0.2) is 16.3 Å². The van der Waals surface area contributed by atoms with Gasteiger partial charge in [-0.15, -0.1) is 0 Å². The van der Waals surface area contributed by atoms with E-state index in [9.17, 15) is 8.78 Å². The molecule has 3 aliphatic carbocycles. The van der Waals surface area contributed by atoms with Gasteiger partial charge < -0.3 is 0 Å². The van der Waals surface area contributed by atoms with Crippen LogP contribution in [0.2, 0.25) is 0 Å². The maximum Gasteiger partial charge on any atom is 0.134 e. The summed E-state index contributed by atoms with van der Waals surface area (Å²) < 4.78 is 29.3. The van der Waals surface area contributed by atoms with E-state index in [0.717, 1.165) is 35.5 Å². The second-order valence-electron chi connectivity index (χ2n) is 8.68. The standard InChI is InChI=1S/C21H33F2I/c1-14-2-13-19(21(23)20(14)22)17-9-5-15(6-10-17)3-4-16-7-11-18(24)12-8-16/h3-4,14-21H,2,5-13H2,1H3. The fourth-order valence-corrected chi connectivity index (χ4v) is 5.89. The average molecular weight is 450 g/mol. The number of hydrogen-bond donors (Lipinski definition) is 0. The van der Waals surface area contributed by atoms with Crippen LogP contribution in [0.5, 0.6) is 0 Å². The van der Waals surface area contributed by atoms with E-state index in [1.165, 1.54) is 38.5 Å². The van der Waals surface area contributed by atoms with Crippen LogP contribution in [-0.2, 0) is 0 Å². The largest absolute Gasteiger partial charge is 0.244 e. The molecule has 0 aromatic rings. The Bertz CT molecular complexity index is 408. The lowest BCUT2D eigenvalue weighted by Crippen LogP contribution is -2.41. The molecule has 3 fully saturated rings. The zero-order chi connectivity index (χ0) is 17.1. The van der Waals surface area contributed by atoms with Crippen molar-refractivity contribution in [1.29, 1.82) is 0 Å². The lowest BCUT2D eigenvalue weighted by atomic mass is 9.68. The van der Waals surface area contributed by atoms with Crippen molar-refractivity contribution in [3.05, 3.63) is 12.2 Å². The number of alkyl halides is 3. The van der Waals surface area contributed by atoms with Gasteiger partial charge in [0.25, 0.3) is 0 Å². The van der Waals surface area contributed by atoms with Crippen molar-refractivity contribution in [2.24, 2.45) is 29.6 Å². The molecule has 0 N–H and O–H groups in total. The first-order valence-corrected chi connectivity index (χ1v) is 11.4. The van der Waals surface area contributed by atoms with Gasteiger partial charge in [0.15, 0.2) is 0 Å². The zero-order valence-corrected chi connectivity index (χ0v) is 17.1. The Labute approximate surface area is 160 Å². The molecule has 138 valence electrons. The van der Waals surface area contributed by atoms with E-state index >= 15 is 0 Å². The summed E-state index contributed by atoms with van der Waals surface area (Å²) in [6.07, 6.45) is 14.2. The first kappa shape index (κ1) is 19.1. The van der Waals surface area contributed by atoms with Gasteiger partial charge in [-0.25, -0.2) is 8.78 Å². The number of hydrogen-bond acceptors (Lipinski definition) is 0. The summed E-state index contributed by atoms with van der Waals surface area (Å²) >= 11 is 2.58. The summed E-state index contributed by atoms with van der Waals surface area (Å²) in [6, 6.07) is 0. The third kappa shape index (κ3) is 4.73. The second-order valence-corrected chi connectivity index (χ2v) is 10.4. The molecular formula is C21H33F2I. The minimum atomic E-state index is -1.23. The number of halogens is 3. The molecule has 24 heavy (non-hydrogen) atoms. The maximum absolute atomic E-state index is 14.4. The highest BCUT2D eigenvalue weighted by Crippen LogP contribution is 2.44. The summed E-state index contributed by atoms with van der Waals surface area (Å²) in [5, 5.41) is 0. The third-order valence-electron chi connectivity index (χ3n) is 6.99. The molecule has 0 radical (unpaired) electrons. The Morgan fingerprint density at radius 1 is 0.708 bits per heavy atom. The minimum absolute atomic E-state index is 0.0138. The fourth-order valence-electron chi connectivity index (χ4n) is 5.17. The van der Waals surface area contributed by atoms with E-state index in [1.54, 1.807) is 0 Å². The molecule has 0 nitrogen and oxygen atoms in total. The Kier molecular flexibility index (Phi) is 7.01. The van der Waals surface area contributed by atoms with Gasteiger partial charge in [0.05, 0.1) is 0 Å². The molecule has 0 aliphatic heterocycles. The Balaban J connectivity index is 1.44. The van der Waals surface area contributed by atoms with Crippen molar-refractivity contribution in [3.8, 4) is 0 Å². The van der Waals surface area contributed by atoms with Crippen molar-refractivity contribution < 1.29 is 8.78 Å². The molecule has 0 aromatic carbocycles. The fraction of sp³-hybridized carbons (Fsp3) is 0.905. The van der Waals surface area contributed by atoms with Crippen LogP contribution in [0.1, 0.15) is 71.1 Å². The molecule has 0 spiro atoms. The molecule has 0 amide bonds. The molecule has 0 bridgehead atoms. The zero-order valence-electron chi connectivity index (χ0n) is 15.0. The van der Waals surface area contributed by atoms with Gasteiger partial charge in [-0.05, 0) is 93.8 Å². The third-order valence-corrected chi connectivity index (χ3v) is 8.24. The summed E-state index contributed by atoms with van der Waals surface area (Å²) in [5.74, 6) is 1.79. The highest BCUT2D eigenvalue weighted by molar-refractivity contribution is 14.1. The molecule has 3 aliphatic rings. The van der Waals surface area contributed by atoms with Crippen LogP contribution in [0, 0.1) is 29.6 Å². The predicted octanol–water partition coefficient (Wildman–Crippen LogP) is 7.07. The van der Waals surface area contributed by atoms with Crippen molar-refractivity contribution >= 4 is 22.6 Å². The van der Waals surface area contributed by atoms with Crippen LogP contribution in [0.3, 0.4) is 0 Å². The molecule has 0 aromatic heterocycles. The quantitative estimate of drug-likeness (QED) is 0.245. The maximum atomic E-state index is 14.4. The Morgan fingerprint density at radius 3 is 1.83 bits per heavy atom. The lowest BCUT2D eigenvalue weighted by Gasteiger charge is -2.40. The predicted molar refractivity (Wildman–Crippen MR) is 106 cm³/mol. The first-order chi connectivity index (χ1) is 11.5. The molecule has 4 atom stereocenters. The molecule has 4 unspecified atom stereocenters. The Hall–Kier alpha value is 0.330. The number of allylic oxidation sites excluding steroid dienone is 2. The van der Waals surface area contributed by atoms with E-state index in [4.69, 9.17) is 0 Å². The summed E-state index contributed by atoms with van der Waals surface area (Å²) in [7, 11) is 0. The van der Waals surface area contributed by atoms with E-state index in [1.807, 2.05) is 6.92 Å². The van der Waals surface area contributed by atoms with E-state index in [-0.39, 0.29) is 11.8 Å². The second kappa shape index (κ2) is 8.81. The average Bonchev–Trinajstić information content (AvgIpc) is 2.60. The molecule has 3 saturated carbocycles. The highest BCUT2D eigenvalue weighted by atomic mass is 127. The summed E-state index contributed by atoms with van der Waals surface area (Å²) in [6.45, 7) is 1.86. The molecule has 3 heteroatoms. The smallest absolute Gasteiger partial charge is 0.134 e. The van der Waals surface area contributed by atoms with Crippen LogP contribution >= 0.6 is 22.6 Å². The Morgan fingerprint density at radius 2 is 1.25 bits per heavy atom. The highest BCUT2D eigenvalue weighted by Gasteiger charge is 2.42. The van der Waals surface area contributed by atoms with Gasteiger partial charge in [-0.2, -0.15) is 0 Å². The normalized spacial score (nSPS) is 47.8. The van der Waals surface area contributed by atoms with Gasteiger partial charge in [0.1, 0.15) is 12.3 Å². The molecule has 0 heterocycles. The monoisotopic (exact) mass is 450 g/mol. The van der Waals surface area contributed by atoms with Gasteiger partial charge in [-0.1, -0.05) is 41.7 Å². The topological polar surface area (TPSA) is 0 Å². The van der Waals surface area contributed by atoms with Crippen molar-refractivity contribution in [3.63, 3.8) is 0 Å².